The van der Waals surface area contributed by atoms with Crippen LogP contribution in [0.1, 0.15) is 41.1 Å². The van der Waals surface area contributed by atoms with Crippen LogP contribution in [0.5, 0.6) is 0 Å². The number of para-hydroxylation sites is 1. The van der Waals surface area contributed by atoms with Crippen molar-refractivity contribution in [2.75, 3.05) is 6.54 Å². The highest BCUT2D eigenvalue weighted by Gasteiger charge is 2.29. The normalized spacial score (nSPS) is 11.9. The van der Waals surface area contributed by atoms with Crippen LogP contribution in [-0.4, -0.2) is 26.9 Å². The molecule has 1 heterocycles. The van der Waals surface area contributed by atoms with Crippen LogP contribution in [0.15, 0.2) is 112 Å². The Balaban J connectivity index is 1.68. The molecule has 0 fully saturated rings. The Morgan fingerprint density at radius 1 is 0.923 bits per heavy atom. The first-order valence-electron chi connectivity index (χ1n) is 12.8. The van der Waals surface area contributed by atoms with Crippen LogP contribution < -0.4 is 5.56 Å². The van der Waals surface area contributed by atoms with Gasteiger partial charge < -0.3 is 4.90 Å². The summed E-state index contributed by atoms with van der Waals surface area (Å²) in [5.74, 6) is 0.387. The van der Waals surface area contributed by atoms with Gasteiger partial charge in [0.15, 0.2) is 0 Å². The maximum atomic E-state index is 14.1. The standard InChI is InChI=1S/C32H27BrClN3O2/c1-2-29(36(21-20-22-8-4-3-5-9-22)31(38)23-12-16-25(34)17-13-23)30-35-28-11-7-6-10-27(28)32(39)37(30)26-18-14-24(33)15-19-26/h3-19,29H,2,20-21H2,1H3. The molecule has 4 aromatic carbocycles. The molecule has 1 aromatic heterocycles. The van der Waals surface area contributed by atoms with Gasteiger partial charge in [-0.05, 0) is 79.1 Å². The van der Waals surface area contributed by atoms with Crippen LogP contribution in [0.25, 0.3) is 16.6 Å². The molecule has 196 valence electrons. The molecule has 5 nitrogen and oxygen atoms in total. The van der Waals surface area contributed by atoms with Gasteiger partial charge in [-0.1, -0.05) is 76.9 Å². The van der Waals surface area contributed by atoms with E-state index < -0.39 is 6.04 Å². The number of carbonyl (C=O) groups is 1. The number of hydrogen-bond acceptors (Lipinski definition) is 3. The number of fused-ring (bicyclic) bond motifs is 1. The van der Waals surface area contributed by atoms with Gasteiger partial charge in [-0.2, -0.15) is 0 Å². The van der Waals surface area contributed by atoms with Crippen molar-refractivity contribution in [3.05, 3.63) is 140 Å². The fourth-order valence-electron chi connectivity index (χ4n) is 4.81. The predicted octanol–water partition coefficient (Wildman–Crippen LogP) is 7.64. The van der Waals surface area contributed by atoms with Gasteiger partial charge in [0.1, 0.15) is 5.82 Å². The van der Waals surface area contributed by atoms with Crippen molar-refractivity contribution in [2.45, 2.75) is 25.8 Å². The number of aromatic nitrogens is 2. The van der Waals surface area contributed by atoms with Gasteiger partial charge in [-0.3, -0.25) is 14.2 Å². The van der Waals surface area contributed by atoms with E-state index in [1.165, 1.54) is 0 Å². The third kappa shape index (κ3) is 5.82. The lowest BCUT2D eigenvalue weighted by Gasteiger charge is -2.32. The fourth-order valence-corrected chi connectivity index (χ4v) is 5.20. The van der Waals surface area contributed by atoms with E-state index in [0.29, 0.717) is 52.4 Å². The SMILES string of the molecule is CCC(c1nc2ccccc2c(=O)n1-c1ccc(Br)cc1)N(CCc1ccccc1)C(=O)c1ccc(Cl)cc1. The maximum absolute atomic E-state index is 14.1. The Morgan fingerprint density at radius 2 is 1.59 bits per heavy atom. The molecule has 0 saturated heterocycles. The van der Waals surface area contributed by atoms with Crippen molar-refractivity contribution >= 4 is 44.3 Å². The molecule has 0 aliphatic heterocycles. The lowest BCUT2D eigenvalue weighted by atomic mass is 10.1. The van der Waals surface area contributed by atoms with Crippen LogP contribution in [0.3, 0.4) is 0 Å². The zero-order chi connectivity index (χ0) is 27.4. The summed E-state index contributed by atoms with van der Waals surface area (Å²) in [6, 6.07) is 31.4. The third-order valence-corrected chi connectivity index (χ3v) is 7.56. The van der Waals surface area contributed by atoms with E-state index in [4.69, 9.17) is 16.6 Å². The zero-order valence-corrected chi connectivity index (χ0v) is 23.8. The van der Waals surface area contributed by atoms with Crippen molar-refractivity contribution < 1.29 is 4.79 Å². The van der Waals surface area contributed by atoms with Crippen LogP contribution in [0.2, 0.25) is 5.02 Å². The number of amides is 1. The molecule has 0 N–H and O–H groups in total. The first-order valence-corrected chi connectivity index (χ1v) is 14.0. The van der Waals surface area contributed by atoms with Crippen molar-refractivity contribution in [1.82, 2.24) is 14.5 Å². The quantitative estimate of drug-likeness (QED) is 0.184. The van der Waals surface area contributed by atoms with E-state index in [0.717, 1.165) is 10.0 Å². The predicted molar refractivity (Wildman–Crippen MR) is 161 cm³/mol. The molecular weight excluding hydrogens is 574 g/mol. The van der Waals surface area contributed by atoms with Gasteiger partial charge in [-0.15, -0.1) is 0 Å². The highest BCUT2D eigenvalue weighted by atomic mass is 79.9. The van der Waals surface area contributed by atoms with Crippen LogP contribution in [-0.2, 0) is 6.42 Å². The summed E-state index contributed by atoms with van der Waals surface area (Å²) in [5.41, 5.74) is 2.78. The molecule has 1 atom stereocenters. The number of nitrogens with zero attached hydrogens (tertiary/aromatic N) is 3. The topological polar surface area (TPSA) is 55.2 Å². The van der Waals surface area contributed by atoms with Gasteiger partial charge in [0, 0.05) is 21.6 Å². The molecule has 0 bridgehead atoms. The molecule has 0 saturated carbocycles. The lowest BCUT2D eigenvalue weighted by molar-refractivity contribution is 0.0662. The summed E-state index contributed by atoms with van der Waals surface area (Å²) in [4.78, 5) is 34.8. The molecular formula is C32H27BrClN3O2. The Morgan fingerprint density at radius 3 is 2.28 bits per heavy atom. The smallest absolute Gasteiger partial charge is 0.266 e. The monoisotopic (exact) mass is 599 g/mol. The molecule has 0 radical (unpaired) electrons. The van der Waals surface area contributed by atoms with Gasteiger partial charge in [0.25, 0.3) is 11.5 Å². The van der Waals surface area contributed by atoms with Gasteiger partial charge >= 0.3 is 0 Å². The van der Waals surface area contributed by atoms with Gasteiger partial charge in [-0.25, -0.2) is 4.98 Å². The second-order valence-corrected chi connectivity index (χ2v) is 10.6. The average Bonchev–Trinajstić information content (AvgIpc) is 2.96. The highest BCUT2D eigenvalue weighted by Crippen LogP contribution is 2.28. The highest BCUT2D eigenvalue weighted by molar-refractivity contribution is 9.10. The number of rotatable bonds is 8. The second-order valence-electron chi connectivity index (χ2n) is 9.27. The zero-order valence-electron chi connectivity index (χ0n) is 21.4. The van der Waals surface area contributed by atoms with Crippen LogP contribution >= 0.6 is 27.5 Å². The number of carbonyl (C=O) groups excluding carboxylic acids is 1. The van der Waals surface area contributed by atoms with Crippen LogP contribution in [0, 0.1) is 0 Å². The summed E-state index contributed by atoms with van der Waals surface area (Å²) < 4.78 is 2.55. The Kier molecular flexibility index (Phi) is 8.24. The van der Waals surface area contributed by atoms with E-state index in [9.17, 15) is 9.59 Å². The van der Waals surface area contributed by atoms with Crippen molar-refractivity contribution in [2.24, 2.45) is 0 Å². The molecule has 7 heteroatoms. The number of benzene rings is 4. The molecule has 0 aliphatic carbocycles. The van der Waals surface area contributed by atoms with E-state index in [1.807, 2.05) is 72.5 Å². The molecule has 5 rings (SSSR count). The van der Waals surface area contributed by atoms with Crippen LogP contribution in [0.4, 0.5) is 0 Å². The minimum atomic E-state index is -0.460. The van der Waals surface area contributed by atoms with E-state index >= 15 is 0 Å². The maximum Gasteiger partial charge on any atom is 0.266 e. The van der Waals surface area contributed by atoms with Crippen molar-refractivity contribution in [3.8, 4) is 5.69 Å². The van der Waals surface area contributed by atoms with Crippen molar-refractivity contribution in [3.63, 3.8) is 0 Å². The summed E-state index contributed by atoms with van der Waals surface area (Å²) in [6.07, 6.45) is 1.22. The molecule has 0 aliphatic rings. The summed E-state index contributed by atoms with van der Waals surface area (Å²) in [6.45, 7) is 2.47. The minimum Gasteiger partial charge on any atom is -0.328 e. The Labute approximate surface area is 240 Å². The first-order chi connectivity index (χ1) is 19.0. The van der Waals surface area contributed by atoms with Gasteiger partial charge in [0.05, 0.1) is 22.6 Å². The van der Waals surface area contributed by atoms with E-state index in [2.05, 4.69) is 28.1 Å². The fraction of sp³-hybridized carbons (Fsp3) is 0.156. The van der Waals surface area contributed by atoms with E-state index in [-0.39, 0.29) is 11.5 Å². The largest absolute Gasteiger partial charge is 0.328 e. The first kappa shape index (κ1) is 26.9. The summed E-state index contributed by atoms with van der Waals surface area (Å²) in [5, 5.41) is 1.09. The average molecular weight is 601 g/mol. The summed E-state index contributed by atoms with van der Waals surface area (Å²) in [7, 11) is 0. The van der Waals surface area contributed by atoms with Crippen molar-refractivity contribution in [1.29, 1.82) is 0 Å². The Hall–Kier alpha value is -3.74. The molecule has 1 amide bonds. The Bertz CT molecular complexity index is 1650. The molecule has 5 aromatic rings. The molecule has 1 unspecified atom stereocenters. The molecule has 39 heavy (non-hydrogen) atoms. The lowest BCUT2D eigenvalue weighted by Crippen LogP contribution is -2.39. The minimum absolute atomic E-state index is 0.140. The van der Waals surface area contributed by atoms with Gasteiger partial charge in [0.2, 0.25) is 0 Å². The second kappa shape index (κ2) is 12.0. The van der Waals surface area contributed by atoms with E-state index in [1.54, 1.807) is 34.9 Å². The summed E-state index contributed by atoms with van der Waals surface area (Å²) >= 11 is 9.61. The number of hydrogen-bond donors (Lipinski definition) is 0. The molecule has 0 spiro atoms. The third-order valence-electron chi connectivity index (χ3n) is 6.78. The number of halogens is 2.